The van der Waals surface area contributed by atoms with Crippen LogP contribution in [0.3, 0.4) is 0 Å². The van der Waals surface area contributed by atoms with Crippen LogP contribution in [0, 0.1) is 0 Å². The van der Waals surface area contributed by atoms with Crippen LogP contribution >= 0.6 is 11.6 Å². The molecule has 0 saturated carbocycles. The molecular weight excluding hydrogens is 309 g/mol. The van der Waals surface area contributed by atoms with Crippen LogP contribution in [0.4, 0.5) is 13.2 Å². The Morgan fingerprint density at radius 1 is 1.48 bits per heavy atom. The molecule has 1 atom stereocenters. The van der Waals surface area contributed by atoms with Crippen LogP contribution in [0.2, 0.25) is 5.02 Å². The molecule has 1 saturated heterocycles. The number of nitrogens with zero attached hydrogens (tertiary/aromatic N) is 1. The van der Waals surface area contributed by atoms with E-state index in [1.54, 1.807) is 0 Å². The molecule has 1 aromatic rings. The molecule has 0 spiro atoms. The summed E-state index contributed by atoms with van der Waals surface area (Å²) in [6.45, 7) is -0.563. The van der Waals surface area contributed by atoms with Gasteiger partial charge in [-0.1, -0.05) is 11.6 Å². The lowest BCUT2D eigenvalue weighted by molar-refractivity contribution is -0.143. The van der Waals surface area contributed by atoms with Gasteiger partial charge in [0.2, 0.25) is 0 Å². The summed E-state index contributed by atoms with van der Waals surface area (Å²) in [4.78, 5) is 13.3. The quantitative estimate of drug-likeness (QED) is 0.898. The molecule has 1 aliphatic heterocycles. The lowest BCUT2D eigenvalue weighted by atomic mass is 10.1. The van der Waals surface area contributed by atoms with E-state index in [0.717, 1.165) is 0 Å². The summed E-state index contributed by atoms with van der Waals surface area (Å²) < 4.78 is 36.9. The number of amides is 1. The normalized spacial score (nSPS) is 19.7. The highest BCUT2D eigenvalue weighted by molar-refractivity contribution is 6.33. The second-order valence-electron chi connectivity index (χ2n) is 4.97. The van der Waals surface area contributed by atoms with Crippen molar-refractivity contribution in [1.29, 1.82) is 0 Å². The Hall–Kier alpha value is -1.47. The van der Waals surface area contributed by atoms with Gasteiger partial charge in [0, 0.05) is 19.1 Å². The van der Waals surface area contributed by atoms with Gasteiger partial charge in [0.15, 0.2) is 0 Å². The van der Waals surface area contributed by atoms with Crippen LogP contribution in [-0.2, 0) is 0 Å². The van der Waals surface area contributed by atoms with E-state index >= 15 is 0 Å². The average molecular weight is 323 g/mol. The van der Waals surface area contributed by atoms with Crippen LogP contribution in [0.25, 0.3) is 0 Å². The second kappa shape index (κ2) is 6.11. The number of alkyl halides is 3. The third-order valence-corrected chi connectivity index (χ3v) is 3.53. The van der Waals surface area contributed by atoms with E-state index in [9.17, 15) is 23.1 Å². The Balaban J connectivity index is 1.94. The molecule has 2 N–H and O–H groups in total. The van der Waals surface area contributed by atoms with Crippen LogP contribution in [0.1, 0.15) is 16.8 Å². The summed E-state index contributed by atoms with van der Waals surface area (Å²) in [6, 6.07) is 3.59. The maximum absolute atomic E-state index is 12.3. The third-order valence-electron chi connectivity index (χ3n) is 3.21. The Morgan fingerprint density at radius 2 is 2.19 bits per heavy atom. The maximum atomic E-state index is 12.3. The largest absolute Gasteiger partial charge is 0.508 e. The molecular formula is C13H14ClF3N2O2. The predicted molar refractivity (Wildman–Crippen MR) is 71.5 cm³/mol. The van der Waals surface area contributed by atoms with Gasteiger partial charge in [0.1, 0.15) is 5.75 Å². The first kappa shape index (κ1) is 15.9. The zero-order chi connectivity index (χ0) is 15.6. The van der Waals surface area contributed by atoms with Gasteiger partial charge in [-0.2, -0.15) is 13.2 Å². The number of carbonyl (C=O) groups is 1. The van der Waals surface area contributed by atoms with E-state index in [4.69, 9.17) is 11.6 Å². The van der Waals surface area contributed by atoms with Gasteiger partial charge in [-0.3, -0.25) is 9.69 Å². The molecule has 1 amide bonds. The number of carbonyl (C=O) groups excluding carboxylic acids is 1. The van der Waals surface area contributed by atoms with Crippen molar-refractivity contribution in [3.63, 3.8) is 0 Å². The molecule has 0 aromatic heterocycles. The smallest absolute Gasteiger partial charge is 0.401 e. The van der Waals surface area contributed by atoms with Crippen molar-refractivity contribution in [2.24, 2.45) is 0 Å². The molecule has 0 radical (unpaired) electrons. The van der Waals surface area contributed by atoms with Gasteiger partial charge >= 0.3 is 6.18 Å². The van der Waals surface area contributed by atoms with Crippen molar-refractivity contribution in [2.75, 3.05) is 19.6 Å². The molecule has 1 aliphatic rings. The number of rotatable bonds is 3. The van der Waals surface area contributed by atoms with E-state index in [-0.39, 0.29) is 35.5 Å². The number of phenolic OH excluding ortho intramolecular Hbond substituents is 1. The van der Waals surface area contributed by atoms with Gasteiger partial charge in [-0.25, -0.2) is 0 Å². The third kappa shape index (κ3) is 4.50. The van der Waals surface area contributed by atoms with Gasteiger partial charge in [0.05, 0.1) is 17.1 Å². The van der Waals surface area contributed by atoms with Crippen LogP contribution in [0.5, 0.6) is 5.75 Å². The molecule has 1 aromatic carbocycles. The fraction of sp³-hybridized carbons (Fsp3) is 0.462. The minimum Gasteiger partial charge on any atom is -0.508 e. The van der Waals surface area contributed by atoms with Crippen LogP contribution in [-0.4, -0.2) is 47.8 Å². The van der Waals surface area contributed by atoms with Crippen molar-refractivity contribution < 1.29 is 23.1 Å². The maximum Gasteiger partial charge on any atom is 0.401 e. The van der Waals surface area contributed by atoms with E-state index in [2.05, 4.69) is 5.32 Å². The molecule has 21 heavy (non-hydrogen) atoms. The summed E-state index contributed by atoms with van der Waals surface area (Å²) in [5.41, 5.74) is 0.103. The number of nitrogens with one attached hydrogen (secondary N) is 1. The number of phenols is 1. The average Bonchev–Trinajstić information content (AvgIpc) is 2.77. The molecule has 8 heteroatoms. The molecule has 4 nitrogen and oxygen atoms in total. The van der Waals surface area contributed by atoms with Crippen LogP contribution < -0.4 is 5.32 Å². The lowest BCUT2D eigenvalue weighted by Crippen LogP contribution is -2.39. The zero-order valence-electron chi connectivity index (χ0n) is 11.0. The van der Waals surface area contributed by atoms with E-state index in [0.29, 0.717) is 6.42 Å². The topological polar surface area (TPSA) is 52.6 Å². The summed E-state index contributed by atoms with van der Waals surface area (Å²) in [6.07, 6.45) is -3.80. The number of halogens is 4. The van der Waals surface area contributed by atoms with E-state index < -0.39 is 18.6 Å². The number of aromatic hydroxyl groups is 1. The number of benzene rings is 1. The van der Waals surface area contributed by atoms with Gasteiger partial charge in [0.25, 0.3) is 5.91 Å². The molecule has 116 valence electrons. The molecule has 1 fully saturated rings. The first-order valence-electron chi connectivity index (χ1n) is 6.33. The minimum absolute atomic E-state index is 0.102. The fourth-order valence-corrected chi connectivity index (χ4v) is 2.50. The van der Waals surface area contributed by atoms with E-state index in [1.807, 2.05) is 0 Å². The first-order valence-corrected chi connectivity index (χ1v) is 6.71. The predicted octanol–water partition coefficient (Wildman–Crippen LogP) is 2.41. The monoisotopic (exact) mass is 322 g/mol. The van der Waals surface area contributed by atoms with E-state index in [1.165, 1.54) is 23.1 Å². The van der Waals surface area contributed by atoms with Crippen molar-refractivity contribution in [3.8, 4) is 5.75 Å². The molecule has 1 unspecified atom stereocenters. The fourth-order valence-electron chi connectivity index (χ4n) is 2.30. The lowest BCUT2D eigenvalue weighted by Gasteiger charge is -2.18. The van der Waals surface area contributed by atoms with Crippen molar-refractivity contribution in [2.45, 2.75) is 18.6 Å². The standard InChI is InChI=1S/C13H14ClF3N2O2/c14-11-2-1-9(20)5-10(11)12(21)18-8-3-4-19(6-8)7-13(15,16)17/h1-2,5,8,20H,3-4,6-7H2,(H,18,21). The number of hydrogen-bond acceptors (Lipinski definition) is 3. The summed E-state index contributed by atoms with van der Waals surface area (Å²) in [5.74, 6) is -0.607. The Bertz CT molecular complexity index is 537. The SMILES string of the molecule is O=C(NC1CCN(CC(F)(F)F)C1)c1cc(O)ccc1Cl. The van der Waals surface area contributed by atoms with Crippen molar-refractivity contribution >= 4 is 17.5 Å². The number of hydrogen-bond donors (Lipinski definition) is 2. The van der Waals surface area contributed by atoms with Crippen LogP contribution in [0.15, 0.2) is 18.2 Å². The molecule has 1 heterocycles. The summed E-state index contributed by atoms with van der Waals surface area (Å²) in [7, 11) is 0. The molecule has 2 rings (SSSR count). The Morgan fingerprint density at radius 3 is 2.86 bits per heavy atom. The number of likely N-dealkylation sites (tertiary alicyclic amines) is 1. The highest BCUT2D eigenvalue weighted by Crippen LogP contribution is 2.23. The second-order valence-corrected chi connectivity index (χ2v) is 5.38. The van der Waals surface area contributed by atoms with Gasteiger partial charge < -0.3 is 10.4 Å². The first-order chi connectivity index (χ1) is 9.74. The van der Waals surface area contributed by atoms with Crippen molar-refractivity contribution in [3.05, 3.63) is 28.8 Å². The summed E-state index contributed by atoms with van der Waals surface area (Å²) in [5, 5.41) is 12.2. The highest BCUT2D eigenvalue weighted by atomic mass is 35.5. The zero-order valence-corrected chi connectivity index (χ0v) is 11.7. The van der Waals surface area contributed by atoms with Gasteiger partial charge in [-0.15, -0.1) is 0 Å². The molecule has 0 aliphatic carbocycles. The highest BCUT2D eigenvalue weighted by Gasteiger charge is 2.34. The summed E-state index contributed by atoms with van der Waals surface area (Å²) >= 11 is 5.86. The van der Waals surface area contributed by atoms with Crippen molar-refractivity contribution in [1.82, 2.24) is 10.2 Å². The molecule has 0 bridgehead atoms. The Labute approximate surface area is 124 Å². The minimum atomic E-state index is -4.24. The van der Waals surface area contributed by atoms with Gasteiger partial charge in [-0.05, 0) is 24.6 Å². The Kier molecular flexibility index (Phi) is 4.63.